The molecule has 1 unspecified atom stereocenters. The van der Waals surface area contributed by atoms with Gasteiger partial charge in [-0.25, -0.2) is 4.98 Å². The topological polar surface area (TPSA) is 54.4 Å². The number of nitrogens with zero attached hydrogens (tertiary/aromatic N) is 1. The normalized spacial score (nSPS) is 12.2. The minimum absolute atomic E-state index is 0.0372. The van der Waals surface area contributed by atoms with Gasteiger partial charge in [0.2, 0.25) is 5.88 Å². The summed E-state index contributed by atoms with van der Waals surface area (Å²) in [5.74, 6) is 1.27. The first kappa shape index (κ1) is 14.5. The van der Waals surface area contributed by atoms with Crippen LogP contribution in [-0.4, -0.2) is 16.6 Å². The van der Waals surface area contributed by atoms with Crippen LogP contribution in [0.25, 0.3) is 0 Å². The summed E-state index contributed by atoms with van der Waals surface area (Å²) < 4.78 is 5.66. The molecule has 0 saturated carbocycles. The van der Waals surface area contributed by atoms with Crippen molar-refractivity contribution in [3.05, 3.63) is 53.7 Å². The van der Waals surface area contributed by atoms with Crippen LogP contribution >= 0.6 is 0 Å². The van der Waals surface area contributed by atoms with Crippen LogP contribution < -0.4 is 10.1 Å². The van der Waals surface area contributed by atoms with E-state index in [-0.39, 0.29) is 12.6 Å². The first-order valence-electron chi connectivity index (χ1n) is 6.80. The molecule has 0 spiro atoms. The van der Waals surface area contributed by atoms with Gasteiger partial charge in [-0.2, -0.15) is 0 Å². The fourth-order valence-electron chi connectivity index (χ4n) is 1.92. The van der Waals surface area contributed by atoms with Crippen LogP contribution in [0.15, 0.2) is 42.6 Å². The minimum atomic E-state index is 0.0372. The Morgan fingerprint density at radius 3 is 2.50 bits per heavy atom. The quantitative estimate of drug-likeness (QED) is 0.848. The average Bonchev–Trinajstić information content (AvgIpc) is 2.49. The van der Waals surface area contributed by atoms with Gasteiger partial charge in [0.15, 0.2) is 0 Å². The Labute approximate surface area is 119 Å². The van der Waals surface area contributed by atoms with Crippen LogP contribution in [0.4, 0.5) is 0 Å². The Morgan fingerprint density at radius 1 is 1.20 bits per heavy atom. The van der Waals surface area contributed by atoms with Gasteiger partial charge in [-0.15, -0.1) is 0 Å². The van der Waals surface area contributed by atoms with E-state index < -0.39 is 0 Å². The summed E-state index contributed by atoms with van der Waals surface area (Å²) in [5, 5.41) is 12.3. The van der Waals surface area contributed by atoms with Crippen molar-refractivity contribution in [2.45, 2.75) is 26.5 Å². The second kappa shape index (κ2) is 7.03. The lowest BCUT2D eigenvalue weighted by Crippen LogP contribution is -2.17. The standard InChI is InChI=1S/C16H20N2O2/c1-3-17-12(2)14-6-9-16(18-10-14)20-15-7-4-13(11-19)5-8-15/h4-10,12,17,19H,3,11H2,1-2H3. The molecule has 2 N–H and O–H groups in total. The Bertz CT molecular complexity index is 523. The van der Waals surface area contributed by atoms with Crippen molar-refractivity contribution in [2.24, 2.45) is 0 Å². The highest BCUT2D eigenvalue weighted by Crippen LogP contribution is 2.21. The summed E-state index contributed by atoms with van der Waals surface area (Å²) in [6, 6.07) is 11.5. The molecule has 106 valence electrons. The summed E-state index contributed by atoms with van der Waals surface area (Å²) in [4.78, 5) is 4.31. The predicted octanol–water partition coefficient (Wildman–Crippen LogP) is 3.04. The van der Waals surface area contributed by atoms with Gasteiger partial charge in [-0.1, -0.05) is 25.1 Å². The molecule has 1 heterocycles. The lowest BCUT2D eigenvalue weighted by Gasteiger charge is -2.12. The first-order chi connectivity index (χ1) is 9.72. The number of aliphatic hydroxyl groups is 1. The largest absolute Gasteiger partial charge is 0.439 e. The van der Waals surface area contributed by atoms with Crippen LogP contribution in [0, 0.1) is 0 Å². The fourth-order valence-corrected chi connectivity index (χ4v) is 1.92. The molecule has 0 fully saturated rings. The maximum atomic E-state index is 8.99. The summed E-state index contributed by atoms with van der Waals surface area (Å²) >= 11 is 0. The zero-order valence-corrected chi connectivity index (χ0v) is 11.8. The molecule has 2 aromatic rings. The zero-order valence-electron chi connectivity index (χ0n) is 11.8. The second-order valence-corrected chi connectivity index (χ2v) is 4.61. The summed E-state index contributed by atoms with van der Waals surface area (Å²) in [6.07, 6.45) is 1.82. The molecule has 4 heteroatoms. The van der Waals surface area contributed by atoms with Gasteiger partial charge in [0, 0.05) is 18.3 Å². The third-order valence-electron chi connectivity index (χ3n) is 3.10. The lowest BCUT2D eigenvalue weighted by molar-refractivity contribution is 0.281. The molecule has 0 aliphatic rings. The van der Waals surface area contributed by atoms with Crippen LogP contribution in [0.5, 0.6) is 11.6 Å². The van der Waals surface area contributed by atoms with Crippen LogP contribution in [0.2, 0.25) is 0 Å². The molecule has 2 rings (SSSR count). The van der Waals surface area contributed by atoms with E-state index in [0.717, 1.165) is 17.7 Å². The first-order valence-corrected chi connectivity index (χ1v) is 6.80. The molecular formula is C16H20N2O2. The number of ether oxygens (including phenoxy) is 1. The van der Waals surface area contributed by atoms with Crippen LogP contribution in [0.3, 0.4) is 0 Å². The Kier molecular flexibility index (Phi) is 5.09. The molecule has 4 nitrogen and oxygen atoms in total. The fraction of sp³-hybridized carbons (Fsp3) is 0.312. The highest BCUT2D eigenvalue weighted by molar-refractivity contribution is 5.31. The van der Waals surface area contributed by atoms with Crippen LogP contribution in [0.1, 0.15) is 31.0 Å². The molecular weight excluding hydrogens is 252 g/mol. The van der Waals surface area contributed by atoms with Crippen molar-refractivity contribution in [3.63, 3.8) is 0 Å². The van der Waals surface area contributed by atoms with Crippen molar-refractivity contribution >= 4 is 0 Å². The molecule has 1 atom stereocenters. The van der Waals surface area contributed by atoms with Crippen molar-refractivity contribution in [1.29, 1.82) is 0 Å². The number of hydrogen-bond donors (Lipinski definition) is 2. The average molecular weight is 272 g/mol. The van der Waals surface area contributed by atoms with E-state index in [1.54, 1.807) is 0 Å². The molecule has 0 aliphatic carbocycles. The minimum Gasteiger partial charge on any atom is -0.439 e. The van der Waals surface area contributed by atoms with E-state index in [1.165, 1.54) is 0 Å². The Hall–Kier alpha value is -1.91. The van der Waals surface area contributed by atoms with Gasteiger partial charge in [0.25, 0.3) is 0 Å². The molecule has 0 bridgehead atoms. The third-order valence-corrected chi connectivity index (χ3v) is 3.10. The number of nitrogens with one attached hydrogen (secondary N) is 1. The van der Waals surface area contributed by atoms with E-state index in [0.29, 0.717) is 11.6 Å². The number of aliphatic hydroxyl groups excluding tert-OH is 1. The van der Waals surface area contributed by atoms with Gasteiger partial charge >= 0.3 is 0 Å². The van der Waals surface area contributed by atoms with Crippen molar-refractivity contribution < 1.29 is 9.84 Å². The van der Waals surface area contributed by atoms with Gasteiger partial charge in [0.1, 0.15) is 5.75 Å². The molecule has 1 aromatic carbocycles. The Morgan fingerprint density at radius 2 is 1.95 bits per heavy atom. The van der Waals surface area contributed by atoms with Crippen molar-refractivity contribution in [1.82, 2.24) is 10.3 Å². The Balaban J connectivity index is 2.02. The molecule has 0 radical (unpaired) electrons. The molecule has 0 saturated heterocycles. The highest BCUT2D eigenvalue weighted by Gasteiger charge is 2.05. The smallest absolute Gasteiger partial charge is 0.219 e. The van der Waals surface area contributed by atoms with Gasteiger partial charge in [-0.05, 0) is 36.7 Å². The van der Waals surface area contributed by atoms with Gasteiger partial charge in [0.05, 0.1) is 6.61 Å². The highest BCUT2D eigenvalue weighted by atomic mass is 16.5. The van der Waals surface area contributed by atoms with E-state index in [9.17, 15) is 0 Å². The molecule has 20 heavy (non-hydrogen) atoms. The van der Waals surface area contributed by atoms with E-state index in [2.05, 4.69) is 24.1 Å². The van der Waals surface area contributed by atoms with Crippen molar-refractivity contribution in [2.75, 3.05) is 6.54 Å². The number of aromatic nitrogens is 1. The molecule has 0 aliphatic heterocycles. The van der Waals surface area contributed by atoms with E-state index in [1.807, 2.05) is 42.6 Å². The second-order valence-electron chi connectivity index (χ2n) is 4.61. The van der Waals surface area contributed by atoms with E-state index >= 15 is 0 Å². The molecule has 1 aromatic heterocycles. The lowest BCUT2D eigenvalue weighted by atomic mass is 10.1. The zero-order chi connectivity index (χ0) is 14.4. The van der Waals surface area contributed by atoms with Gasteiger partial charge in [-0.3, -0.25) is 0 Å². The maximum Gasteiger partial charge on any atom is 0.219 e. The van der Waals surface area contributed by atoms with E-state index in [4.69, 9.17) is 9.84 Å². The number of hydrogen-bond acceptors (Lipinski definition) is 4. The number of pyridine rings is 1. The maximum absolute atomic E-state index is 8.99. The monoisotopic (exact) mass is 272 g/mol. The number of rotatable bonds is 6. The molecule has 0 amide bonds. The van der Waals surface area contributed by atoms with Crippen LogP contribution in [-0.2, 0) is 6.61 Å². The summed E-state index contributed by atoms with van der Waals surface area (Å²) in [5.41, 5.74) is 2.00. The summed E-state index contributed by atoms with van der Waals surface area (Å²) in [7, 11) is 0. The summed E-state index contributed by atoms with van der Waals surface area (Å²) in [6.45, 7) is 5.15. The third kappa shape index (κ3) is 3.79. The van der Waals surface area contributed by atoms with Gasteiger partial charge < -0.3 is 15.2 Å². The van der Waals surface area contributed by atoms with Crippen molar-refractivity contribution in [3.8, 4) is 11.6 Å². The predicted molar refractivity (Wildman–Crippen MR) is 78.8 cm³/mol. The number of benzene rings is 1. The SMILES string of the molecule is CCNC(C)c1ccc(Oc2ccc(CO)cc2)nc1.